The Morgan fingerprint density at radius 1 is 1.37 bits per heavy atom. The number of piperidine rings is 1. The van der Waals surface area contributed by atoms with Crippen LogP contribution < -0.4 is 15.5 Å². The zero-order valence-corrected chi connectivity index (χ0v) is 18.3. The lowest BCUT2D eigenvalue weighted by Crippen LogP contribution is -2.54. The predicted molar refractivity (Wildman–Crippen MR) is 116 cm³/mol. The van der Waals surface area contributed by atoms with E-state index >= 15 is 0 Å². The van der Waals surface area contributed by atoms with Crippen molar-refractivity contribution in [2.75, 3.05) is 44.7 Å². The van der Waals surface area contributed by atoms with E-state index in [1.165, 1.54) is 11.3 Å². The van der Waals surface area contributed by atoms with Gasteiger partial charge >= 0.3 is 0 Å². The van der Waals surface area contributed by atoms with Crippen LogP contribution in [0.5, 0.6) is 0 Å². The fourth-order valence-electron chi connectivity index (χ4n) is 3.89. The molecule has 1 atom stereocenters. The van der Waals surface area contributed by atoms with E-state index in [1.807, 2.05) is 12.1 Å². The van der Waals surface area contributed by atoms with E-state index in [4.69, 9.17) is 16.3 Å². The van der Waals surface area contributed by atoms with Gasteiger partial charge in [0.1, 0.15) is 5.60 Å². The first-order chi connectivity index (χ1) is 12.0. The van der Waals surface area contributed by atoms with E-state index in [2.05, 4.69) is 28.5 Å². The topological polar surface area (TPSA) is 53.6 Å². The number of carbonyl (C=O) groups excluding carboxylic acids is 1. The number of halogens is 3. The van der Waals surface area contributed by atoms with Crippen molar-refractivity contribution in [1.29, 1.82) is 0 Å². The molecule has 0 bridgehead atoms. The molecule has 2 aliphatic heterocycles. The maximum Gasteiger partial charge on any atom is 0.252 e. The third-order valence-corrected chi connectivity index (χ3v) is 5.80. The lowest BCUT2D eigenvalue weighted by molar-refractivity contribution is -0.146. The fourth-order valence-corrected chi connectivity index (χ4v) is 4.06. The first kappa shape index (κ1) is 24.3. The minimum atomic E-state index is -0.660. The summed E-state index contributed by atoms with van der Waals surface area (Å²) in [6, 6.07) is 6.02. The molecule has 2 aliphatic rings. The molecule has 154 valence electrons. The Labute approximate surface area is 179 Å². The summed E-state index contributed by atoms with van der Waals surface area (Å²) in [5.74, 6) is 0.492. The number of nitrogens with one attached hydrogen (secondary N) is 2. The molecule has 1 aromatic carbocycles. The van der Waals surface area contributed by atoms with Gasteiger partial charge in [-0.1, -0.05) is 17.7 Å². The largest absolute Gasteiger partial charge is 0.371 e. The molecule has 5 nitrogen and oxygen atoms in total. The monoisotopic (exact) mass is 437 g/mol. The van der Waals surface area contributed by atoms with Gasteiger partial charge in [-0.15, -0.1) is 24.8 Å². The Kier molecular flexibility index (Phi) is 9.66. The molecule has 1 unspecified atom stereocenters. The van der Waals surface area contributed by atoms with Crippen LogP contribution in [-0.4, -0.2) is 51.3 Å². The van der Waals surface area contributed by atoms with Crippen LogP contribution in [-0.2, 0) is 9.53 Å². The molecule has 0 aliphatic carbocycles. The fraction of sp³-hybridized carbons (Fsp3) is 0.632. The minimum Gasteiger partial charge on any atom is -0.371 e. The Morgan fingerprint density at radius 2 is 2.07 bits per heavy atom. The third-order valence-electron chi connectivity index (χ3n) is 5.56. The normalized spacial score (nSPS) is 21.1. The van der Waals surface area contributed by atoms with Crippen LogP contribution in [0.15, 0.2) is 18.2 Å². The van der Waals surface area contributed by atoms with Crippen LogP contribution in [0.2, 0.25) is 5.02 Å². The van der Waals surface area contributed by atoms with Gasteiger partial charge in [-0.05, 0) is 62.9 Å². The number of hydrogen-bond donors (Lipinski definition) is 2. The average molecular weight is 439 g/mol. The summed E-state index contributed by atoms with van der Waals surface area (Å²) in [6.45, 7) is 6.41. The van der Waals surface area contributed by atoms with E-state index < -0.39 is 5.60 Å². The van der Waals surface area contributed by atoms with E-state index in [0.29, 0.717) is 12.5 Å². The van der Waals surface area contributed by atoms with Crippen molar-refractivity contribution in [3.8, 4) is 0 Å². The number of hydrogen-bond acceptors (Lipinski definition) is 4. The molecule has 8 heteroatoms. The van der Waals surface area contributed by atoms with Gasteiger partial charge in [0.15, 0.2) is 0 Å². The first-order valence-electron chi connectivity index (χ1n) is 9.09. The number of methoxy groups -OCH3 is 1. The summed E-state index contributed by atoms with van der Waals surface area (Å²) < 4.78 is 5.60. The van der Waals surface area contributed by atoms with Crippen LogP contribution in [0.4, 0.5) is 5.69 Å². The van der Waals surface area contributed by atoms with Gasteiger partial charge in [0.2, 0.25) is 0 Å². The minimum absolute atomic E-state index is 0. The highest BCUT2D eigenvalue weighted by atomic mass is 35.5. The number of rotatable bonds is 5. The molecule has 27 heavy (non-hydrogen) atoms. The van der Waals surface area contributed by atoms with Gasteiger partial charge in [0, 0.05) is 37.5 Å². The van der Waals surface area contributed by atoms with Crippen molar-refractivity contribution in [2.45, 2.75) is 31.8 Å². The predicted octanol–water partition coefficient (Wildman–Crippen LogP) is 3.20. The molecule has 0 spiro atoms. The molecule has 0 saturated carbocycles. The van der Waals surface area contributed by atoms with Crippen molar-refractivity contribution in [2.24, 2.45) is 5.92 Å². The van der Waals surface area contributed by atoms with E-state index in [-0.39, 0.29) is 30.7 Å². The van der Waals surface area contributed by atoms with Crippen molar-refractivity contribution in [3.05, 3.63) is 28.8 Å². The summed E-state index contributed by atoms with van der Waals surface area (Å²) in [5, 5.41) is 7.19. The average Bonchev–Trinajstić information content (AvgIpc) is 3.11. The summed E-state index contributed by atoms with van der Waals surface area (Å²) in [5.41, 5.74) is 1.78. The van der Waals surface area contributed by atoms with Gasteiger partial charge in [-0.2, -0.15) is 0 Å². The van der Waals surface area contributed by atoms with Gasteiger partial charge in [0.05, 0.1) is 0 Å². The number of amides is 1. The highest BCUT2D eigenvalue weighted by Crippen LogP contribution is 2.29. The molecule has 2 fully saturated rings. The number of carbonyl (C=O) groups is 1. The highest BCUT2D eigenvalue weighted by Gasteiger charge is 2.39. The quantitative estimate of drug-likeness (QED) is 0.741. The zero-order valence-electron chi connectivity index (χ0n) is 15.9. The molecular weight excluding hydrogens is 409 g/mol. The number of benzene rings is 1. The number of aryl methyl sites for hydroxylation is 1. The van der Waals surface area contributed by atoms with E-state index in [0.717, 1.165) is 50.5 Å². The van der Waals surface area contributed by atoms with Crippen molar-refractivity contribution >= 4 is 48.0 Å². The smallest absolute Gasteiger partial charge is 0.252 e. The van der Waals surface area contributed by atoms with E-state index in [9.17, 15) is 4.79 Å². The van der Waals surface area contributed by atoms with Gasteiger partial charge < -0.3 is 20.3 Å². The Balaban J connectivity index is 0.00000182. The molecule has 0 radical (unpaired) electrons. The molecule has 3 rings (SSSR count). The van der Waals surface area contributed by atoms with Crippen LogP contribution in [0.3, 0.4) is 0 Å². The molecule has 1 aromatic rings. The molecule has 0 aromatic heterocycles. The van der Waals surface area contributed by atoms with E-state index in [1.54, 1.807) is 7.11 Å². The Morgan fingerprint density at radius 3 is 2.74 bits per heavy atom. The van der Waals surface area contributed by atoms with Crippen molar-refractivity contribution in [1.82, 2.24) is 10.6 Å². The van der Waals surface area contributed by atoms with Crippen LogP contribution in [0, 0.1) is 12.8 Å². The first-order valence-corrected chi connectivity index (χ1v) is 9.47. The van der Waals surface area contributed by atoms with Gasteiger partial charge in [0.25, 0.3) is 5.91 Å². The van der Waals surface area contributed by atoms with Crippen LogP contribution >= 0.6 is 36.4 Å². The maximum absolute atomic E-state index is 12.7. The Bertz CT molecular complexity index is 624. The summed E-state index contributed by atoms with van der Waals surface area (Å²) in [4.78, 5) is 15.0. The maximum atomic E-state index is 12.7. The third kappa shape index (κ3) is 5.64. The SMILES string of the molecule is COC1(C(=O)NCC2CCN(c3cc(Cl)ccc3C)C2)CCNCC1.Cl.Cl. The molecule has 1 amide bonds. The van der Waals surface area contributed by atoms with Crippen molar-refractivity contribution in [3.63, 3.8) is 0 Å². The molecule has 2 heterocycles. The van der Waals surface area contributed by atoms with Crippen LogP contribution in [0.1, 0.15) is 24.8 Å². The second kappa shape index (κ2) is 10.7. The van der Waals surface area contributed by atoms with Gasteiger partial charge in [-0.25, -0.2) is 0 Å². The summed E-state index contributed by atoms with van der Waals surface area (Å²) in [6.07, 6.45) is 2.54. The molecule has 2 N–H and O–H groups in total. The number of nitrogens with zero attached hydrogens (tertiary/aromatic N) is 1. The number of ether oxygens (including phenoxy) is 1. The summed E-state index contributed by atoms with van der Waals surface area (Å²) in [7, 11) is 1.64. The second-order valence-corrected chi connectivity index (χ2v) is 7.63. The highest BCUT2D eigenvalue weighted by molar-refractivity contribution is 6.30. The lowest BCUT2D eigenvalue weighted by Gasteiger charge is -2.35. The lowest BCUT2D eigenvalue weighted by atomic mass is 9.91. The second-order valence-electron chi connectivity index (χ2n) is 7.19. The van der Waals surface area contributed by atoms with Gasteiger partial charge in [-0.3, -0.25) is 4.79 Å². The number of anilines is 1. The molecular formula is C19H30Cl3N3O2. The van der Waals surface area contributed by atoms with Crippen molar-refractivity contribution < 1.29 is 9.53 Å². The van der Waals surface area contributed by atoms with Crippen LogP contribution in [0.25, 0.3) is 0 Å². The molecule has 2 saturated heterocycles. The summed E-state index contributed by atoms with van der Waals surface area (Å²) >= 11 is 6.15. The standard InChI is InChI=1S/C19H28ClN3O2.2ClH/c1-14-3-4-16(20)11-17(14)23-10-5-15(13-23)12-22-18(24)19(25-2)6-8-21-9-7-19;;/h3-4,11,15,21H,5-10,12-13H2,1-2H3,(H,22,24);2*1H. The zero-order chi connectivity index (χ0) is 17.9. The Hall–Kier alpha value is -0.720.